The normalized spacial score (nSPS) is 28.3. The third-order valence-corrected chi connectivity index (χ3v) is 7.61. The van der Waals surface area contributed by atoms with E-state index in [2.05, 4.69) is 0 Å². The first-order valence-electron chi connectivity index (χ1n) is 9.82. The van der Waals surface area contributed by atoms with Crippen molar-refractivity contribution in [3.05, 3.63) is 38.0 Å². The summed E-state index contributed by atoms with van der Waals surface area (Å²) in [5.74, 6) is -1.30. The van der Waals surface area contributed by atoms with Crippen LogP contribution in [0.15, 0.2) is 23.3 Å². The van der Waals surface area contributed by atoms with Crippen molar-refractivity contribution in [2.24, 2.45) is 29.4 Å². The van der Waals surface area contributed by atoms with Crippen molar-refractivity contribution in [2.75, 3.05) is 19.0 Å². The number of ketones is 1. The summed E-state index contributed by atoms with van der Waals surface area (Å²) in [6.45, 7) is 1.87. The van der Waals surface area contributed by atoms with Gasteiger partial charge >= 0.3 is 0 Å². The number of benzene rings is 1. The zero-order chi connectivity index (χ0) is 21.2. The highest BCUT2D eigenvalue weighted by molar-refractivity contribution is 14.1. The average molecular weight is 508 g/mol. The van der Waals surface area contributed by atoms with Gasteiger partial charge in [0.2, 0.25) is 5.91 Å². The summed E-state index contributed by atoms with van der Waals surface area (Å²) in [6.07, 6.45) is 3.89. The third kappa shape index (κ3) is 2.96. The summed E-state index contributed by atoms with van der Waals surface area (Å²) < 4.78 is 0.627. The second-order valence-electron chi connectivity index (χ2n) is 8.57. The Morgan fingerprint density at radius 2 is 2.00 bits per heavy atom. The molecule has 6 nitrogen and oxygen atoms in total. The van der Waals surface area contributed by atoms with Crippen LogP contribution in [-0.4, -0.2) is 36.0 Å². The molecule has 0 spiro atoms. The van der Waals surface area contributed by atoms with Gasteiger partial charge in [-0.2, -0.15) is 0 Å². The highest BCUT2D eigenvalue weighted by atomic mass is 127. The quantitative estimate of drug-likeness (QED) is 0.533. The van der Waals surface area contributed by atoms with E-state index in [4.69, 9.17) is 5.73 Å². The van der Waals surface area contributed by atoms with Crippen LogP contribution in [0.5, 0.6) is 5.75 Å². The number of amides is 1. The fraction of sp³-hybridized carbons (Fsp3) is 0.455. The van der Waals surface area contributed by atoms with Gasteiger partial charge < -0.3 is 20.8 Å². The molecule has 0 bridgehead atoms. The highest BCUT2D eigenvalue weighted by Crippen LogP contribution is 2.52. The molecular weight excluding hydrogens is 483 g/mol. The Morgan fingerprint density at radius 3 is 2.62 bits per heavy atom. The molecule has 7 heteroatoms. The van der Waals surface area contributed by atoms with Crippen LogP contribution in [0.25, 0.3) is 5.76 Å². The number of anilines is 1. The molecule has 1 saturated carbocycles. The molecule has 1 aromatic rings. The van der Waals surface area contributed by atoms with Crippen LogP contribution in [0.4, 0.5) is 5.69 Å². The first-order valence-corrected chi connectivity index (χ1v) is 10.9. The van der Waals surface area contributed by atoms with Crippen molar-refractivity contribution < 1.29 is 19.8 Å². The number of hydrogen-bond acceptors (Lipinski definition) is 5. The summed E-state index contributed by atoms with van der Waals surface area (Å²) in [5.41, 5.74) is 8.60. The van der Waals surface area contributed by atoms with Crippen molar-refractivity contribution in [3.63, 3.8) is 0 Å². The van der Waals surface area contributed by atoms with Gasteiger partial charge in [-0.1, -0.05) is 13.0 Å². The average Bonchev–Trinajstić information content (AvgIpc) is 2.63. The Labute approximate surface area is 183 Å². The topological polar surface area (TPSA) is 104 Å². The first-order chi connectivity index (χ1) is 13.6. The molecule has 4 atom stereocenters. The number of allylic oxidation sites excluding steroid dienone is 2. The van der Waals surface area contributed by atoms with Gasteiger partial charge in [0.1, 0.15) is 11.5 Å². The first kappa shape index (κ1) is 20.3. The van der Waals surface area contributed by atoms with E-state index in [0.717, 1.165) is 17.7 Å². The number of hydrogen-bond donors (Lipinski definition) is 3. The molecule has 3 aliphatic rings. The molecule has 154 valence electrons. The predicted octanol–water partition coefficient (Wildman–Crippen LogP) is 3.16. The number of aliphatic hydroxyl groups is 1. The number of primary amides is 1. The number of nitrogens with two attached hydrogens (primary N) is 1. The van der Waals surface area contributed by atoms with Crippen LogP contribution >= 0.6 is 22.6 Å². The molecular formula is C22H25IN2O4. The van der Waals surface area contributed by atoms with Crippen LogP contribution in [-0.2, 0) is 16.0 Å². The van der Waals surface area contributed by atoms with Gasteiger partial charge in [0.25, 0.3) is 0 Å². The molecule has 4 N–H and O–H groups in total. The number of carbonyl (C=O) groups is 2. The van der Waals surface area contributed by atoms with Crippen molar-refractivity contribution in [1.82, 2.24) is 0 Å². The second kappa shape index (κ2) is 7.04. The molecule has 1 amide bonds. The largest absolute Gasteiger partial charge is 0.507 e. The third-order valence-electron chi connectivity index (χ3n) is 6.79. The summed E-state index contributed by atoms with van der Waals surface area (Å²) in [6, 6.07) is 1.91. The molecule has 0 aliphatic heterocycles. The maximum Gasteiger partial charge on any atom is 0.244 e. The summed E-state index contributed by atoms with van der Waals surface area (Å²) in [4.78, 5) is 27.3. The van der Waals surface area contributed by atoms with Gasteiger partial charge in [0.05, 0.1) is 9.13 Å². The van der Waals surface area contributed by atoms with Gasteiger partial charge in [0.15, 0.2) is 5.78 Å². The van der Waals surface area contributed by atoms with Crippen LogP contribution < -0.4 is 10.6 Å². The number of carbonyl (C=O) groups excluding carboxylic acids is 2. The van der Waals surface area contributed by atoms with Crippen LogP contribution in [0.3, 0.4) is 0 Å². The van der Waals surface area contributed by atoms with E-state index in [1.165, 1.54) is 0 Å². The van der Waals surface area contributed by atoms with Crippen molar-refractivity contribution in [1.29, 1.82) is 0 Å². The molecule has 29 heavy (non-hydrogen) atoms. The Balaban J connectivity index is 1.86. The smallest absolute Gasteiger partial charge is 0.244 e. The number of aromatic hydroxyl groups is 1. The van der Waals surface area contributed by atoms with Crippen molar-refractivity contribution in [2.45, 2.75) is 26.2 Å². The number of aliphatic hydroxyl groups excluding tert-OH is 1. The van der Waals surface area contributed by atoms with Crippen LogP contribution in [0.2, 0.25) is 0 Å². The minimum atomic E-state index is -0.485. The SMILES string of the molecule is CC1C(C(N)=O)=CCC2CC3Cc4c(N(C)C)cc(I)c(O)c4C(O)=C3C(=O)C21. The maximum absolute atomic E-state index is 13.5. The fourth-order valence-electron chi connectivity index (χ4n) is 5.49. The molecule has 0 radical (unpaired) electrons. The highest BCUT2D eigenvalue weighted by Gasteiger charge is 2.49. The van der Waals surface area contributed by atoms with E-state index >= 15 is 0 Å². The molecule has 3 aliphatic carbocycles. The lowest BCUT2D eigenvalue weighted by Crippen LogP contribution is -2.44. The van der Waals surface area contributed by atoms with E-state index in [9.17, 15) is 19.8 Å². The van der Waals surface area contributed by atoms with E-state index < -0.39 is 5.91 Å². The molecule has 0 aromatic heterocycles. The number of Topliss-reactive ketones (excluding diaryl/α,β-unsaturated/α-hetero) is 1. The number of nitrogens with zero attached hydrogens (tertiary/aromatic N) is 1. The molecule has 1 fully saturated rings. The number of phenolic OH excluding ortho intramolecular Hbond substituents is 1. The lowest BCUT2D eigenvalue weighted by Gasteiger charge is -2.44. The second-order valence-corrected chi connectivity index (χ2v) is 9.73. The summed E-state index contributed by atoms with van der Waals surface area (Å²) >= 11 is 2.04. The minimum Gasteiger partial charge on any atom is -0.507 e. The maximum atomic E-state index is 13.5. The lowest BCUT2D eigenvalue weighted by molar-refractivity contribution is -0.125. The molecule has 4 unspecified atom stereocenters. The van der Waals surface area contributed by atoms with E-state index in [-0.39, 0.29) is 41.0 Å². The van der Waals surface area contributed by atoms with E-state index in [0.29, 0.717) is 33.1 Å². The predicted molar refractivity (Wildman–Crippen MR) is 120 cm³/mol. The molecule has 0 heterocycles. The molecule has 0 saturated heterocycles. The van der Waals surface area contributed by atoms with Crippen molar-refractivity contribution in [3.8, 4) is 5.75 Å². The number of phenols is 1. The Kier molecular flexibility index (Phi) is 4.91. The number of fused-ring (bicyclic) bond motifs is 3. The standard InChI is InChI=1S/C22H25IN2O4/c1-9-12(22(24)29)5-4-10-6-11-7-13-15(25(2)3)8-14(23)19(26)18(13)21(28)17(11)20(27)16(9)10/h5,8-11,16,26,28H,4,6-7H2,1-3H3,(H2,24,29). The van der Waals surface area contributed by atoms with Gasteiger partial charge in [-0.15, -0.1) is 0 Å². The van der Waals surface area contributed by atoms with Crippen LogP contribution in [0.1, 0.15) is 30.9 Å². The minimum absolute atomic E-state index is 0.0130. The van der Waals surface area contributed by atoms with Gasteiger partial charge in [-0.05, 0) is 71.2 Å². The molecule has 1 aromatic carbocycles. The zero-order valence-electron chi connectivity index (χ0n) is 16.7. The van der Waals surface area contributed by atoms with Gasteiger partial charge in [-0.25, -0.2) is 0 Å². The Morgan fingerprint density at radius 1 is 1.31 bits per heavy atom. The Bertz CT molecular complexity index is 995. The van der Waals surface area contributed by atoms with E-state index in [1.54, 1.807) is 0 Å². The monoisotopic (exact) mass is 508 g/mol. The summed E-state index contributed by atoms with van der Waals surface area (Å²) in [5, 5.41) is 21.9. The fourth-order valence-corrected chi connectivity index (χ4v) is 6.05. The van der Waals surface area contributed by atoms with Gasteiger partial charge in [0, 0.05) is 36.8 Å². The van der Waals surface area contributed by atoms with Crippen LogP contribution in [0, 0.1) is 27.2 Å². The number of halogens is 1. The Hall–Kier alpha value is -2.03. The summed E-state index contributed by atoms with van der Waals surface area (Å²) in [7, 11) is 3.86. The van der Waals surface area contributed by atoms with Crippen molar-refractivity contribution >= 4 is 45.7 Å². The van der Waals surface area contributed by atoms with Gasteiger partial charge in [-0.3, -0.25) is 9.59 Å². The number of rotatable bonds is 2. The lowest BCUT2D eigenvalue weighted by atomic mass is 9.59. The van der Waals surface area contributed by atoms with E-state index in [1.807, 2.05) is 60.7 Å². The molecule has 4 rings (SSSR count). The zero-order valence-corrected chi connectivity index (χ0v) is 18.9.